The smallest absolute Gasteiger partial charge is 0.231 e. The first-order chi connectivity index (χ1) is 9.08. The van der Waals surface area contributed by atoms with Crippen LogP contribution in [0.4, 0.5) is 5.69 Å². The van der Waals surface area contributed by atoms with Crippen molar-refractivity contribution in [2.45, 2.75) is 6.42 Å². The van der Waals surface area contributed by atoms with E-state index in [1.807, 2.05) is 0 Å². The van der Waals surface area contributed by atoms with Crippen LogP contribution in [-0.2, 0) is 11.2 Å². The van der Waals surface area contributed by atoms with Gasteiger partial charge in [-0.2, -0.15) is 0 Å². The molecular formula is C14H10BrNO3. The van der Waals surface area contributed by atoms with Gasteiger partial charge in [-0.25, -0.2) is 0 Å². The molecule has 0 unspecified atom stereocenters. The van der Waals surface area contributed by atoms with E-state index in [9.17, 15) is 9.59 Å². The summed E-state index contributed by atoms with van der Waals surface area (Å²) in [6.45, 7) is 0. The summed E-state index contributed by atoms with van der Waals surface area (Å²) >= 11 is 3.20. The zero-order valence-electron chi connectivity index (χ0n) is 10.1. The summed E-state index contributed by atoms with van der Waals surface area (Å²) in [5.41, 5.74) is 2.80. The number of anilines is 1. The molecule has 3 rings (SSSR count). The van der Waals surface area contributed by atoms with Gasteiger partial charge in [-0.15, -0.1) is 0 Å². The quantitative estimate of drug-likeness (QED) is 0.800. The Morgan fingerprint density at radius 1 is 1.37 bits per heavy atom. The molecule has 0 N–H and O–H groups in total. The van der Waals surface area contributed by atoms with Crippen molar-refractivity contribution in [2.24, 2.45) is 0 Å². The number of furan rings is 1. The Hall–Kier alpha value is -1.88. The summed E-state index contributed by atoms with van der Waals surface area (Å²) in [6, 6.07) is 6.94. The third kappa shape index (κ3) is 1.90. The lowest BCUT2D eigenvalue weighted by atomic mass is 10.0. The van der Waals surface area contributed by atoms with Crippen LogP contribution in [0.3, 0.4) is 0 Å². The predicted octanol–water partition coefficient (Wildman–Crippen LogP) is 2.79. The van der Waals surface area contributed by atoms with Gasteiger partial charge in [-0.1, -0.05) is 0 Å². The van der Waals surface area contributed by atoms with Crippen LogP contribution >= 0.6 is 15.9 Å². The Labute approximate surface area is 118 Å². The second-order valence-electron chi connectivity index (χ2n) is 4.41. The summed E-state index contributed by atoms with van der Waals surface area (Å²) < 4.78 is 5.49. The number of rotatable bonds is 2. The number of halogens is 1. The van der Waals surface area contributed by atoms with Gasteiger partial charge in [-0.05, 0) is 45.8 Å². The number of amides is 1. The lowest BCUT2D eigenvalue weighted by Gasteiger charge is -2.10. The lowest BCUT2D eigenvalue weighted by Crippen LogP contribution is -2.20. The summed E-state index contributed by atoms with van der Waals surface area (Å²) in [6.07, 6.45) is 1.81. The Balaban J connectivity index is 2.01. The Morgan fingerprint density at radius 3 is 2.84 bits per heavy atom. The Morgan fingerprint density at radius 2 is 2.16 bits per heavy atom. The van der Waals surface area contributed by atoms with Crippen molar-refractivity contribution in [1.29, 1.82) is 0 Å². The number of likely N-dealkylation sites (N-methyl/N-ethyl adjacent to an activating group) is 1. The molecule has 0 aliphatic carbocycles. The van der Waals surface area contributed by atoms with Crippen LogP contribution in [0.15, 0.2) is 39.6 Å². The number of ketones is 1. The average Bonchev–Trinajstić information content (AvgIpc) is 2.93. The minimum atomic E-state index is -0.120. The topological polar surface area (TPSA) is 50.5 Å². The van der Waals surface area contributed by atoms with E-state index in [-0.39, 0.29) is 11.7 Å². The largest absolute Gasteiger partial charge is 0.457 e. The number of carbonyl (C=O) groups excluding carboxylic acids is 2. The first-order valence-corrected chi connectivity index (χ1v) is 6.54. The maximum absolute atomic E-state index is 12.3. The van der Waals surface area contributed by atoms with Crippen LogP contribution in [0.1, 0.15) is 21.5 Å². The summed E-state index contributed by atoms with van der Waals surface area (Å²) in [5, 5.41) is 0. The summed E-state index contributed by atoms with van der Waals surface area (Å²) in [5.74, 6) is -0.0745. The van der Waals surface area contributed by atoms with Gasteiger partial charge in [0.05, 0.1) is 18.2 Å². The summed E-state index contributed by atoms with van der Waals surface area (Å²) in [4.78, 5) is 25.5. The van der Waals surface area contributed by atoms with Crippen molar-refractivity contribution in [3.63, 3.8) is 0 Å². The molecule has 0 radical (unpaired) electrons. The van der Waals surface area contributed by atoms with E-state index in [4.69, 9.17) is 4.42 Å². The standard InChI is InChI=1S/C14H10BrNO3/c1-16-11-3-2-8(6-9(11)7-12(16)17)13(18)10-4-5-19-14(10)15/h2-6H,7H2,1H3. The van der Waals surface area contributed by atoms with Crippen LogP contribution in [-0.4, -0.2) is 18.7 Å². The molecule has 96 valence electrons. The molecule has 1 aliphatic rings. The van der Waals surface area contributed by atoms with E-state index < -0.39 is 0 Å². The molecule has 1 aromatic carbocycles. The second-order valence-corrected chi connectivity index (χ2v) is 5.13. The molecule has 4 nitrogen and oxygen atoms in total. The third-order valence-corrected chi connectivity index (χ3v) is 3.90. The lowest BCUT2D eigenvalue weighted by molar-refractivity contribution is -0.117. The van der Waals surface area contributed by atoms with Gasteiger partial charge < -0.3 is 9.32 Å². The van der Waals surface area contributed by atoms with E-state index in [2.05, 4.69) is 15.9 Å². The van der Waals surface area contributed by atoms with Crippen molar-refractivity contribution in [3.05, 3.63) is 51.9 Å². The first kappa shape index (κ1) is 12.2. The molecule has 0 spiro atoms. The molecule has 0 atom stereocenters. The van der Waals surface area contributed by atoms with E-state index in [1.165, 1.54) is 6.26 Å². The van der Waals surface area contributed by atoms with Crippen molar-refractivity contribution in [1.82, 2.24) is 0 Å². The Kier molecular flexibility index (Phi) is 2.78. The normalized spacial score (nSPS) is 13.8. The van der Waals surface area contributed by atoms with E-state index in [0.717, 1.165) is 11.3 Å². The van der Waals surface area contributed by atoms with Crippen LogP contribution in [0.25, 0.3) is 0 Å². The van der Waals surface area contributed by atoms with Gasteiger partial charge in [0.1, 0.15) is 0 Å². The van der Waals surface area contributed by atoms with Gasteiger partial charge >= 0.3 is 0 Å². The zero-order valence-corrected chi connectivity index (χ0v) is 11.7. The molecular weight excluding hydrogens is 310 g/mol. The highest BCUT2D eigenvalue weighted by molar-refractivity contribution is 9.10. The Bertz CT molecular complexity index is 690. The van der Waals surface area contributed by atoms with Crippen molar-refractivity contribution >= 4 is 33.3 Å². The monoisotopic (exact) mass is 319 g/mol. The molecule has 2 heterocycles. The van der Waals surface area contributed by atoms with Gasteiger partial charge in [0.25, 0.3) is 0 Å². The van der Waals surface area contributed by atoms with Crippen molar-refractivity contribution < 1.29 is 14.0 Å². The second kappa shape index (κ2) is 4.35. The maximum atomic E-state index is 12.3. The molecule has 1 aromatic heterocycles. The molecule has 0 saturated carbocycles. The number of carbonyl (C=O) groups is 2. The minimum Gasteiger partial charge on any atom is -0.457 e. The molecule has 1 amide bonds. The van der Waals surface area contributed by atoms with Crippen LogP contribution in [0, 0.1) is 0 Å². The molecule has 1 aliphatic heterocycles. The van der Waals surface area contributed by atoms with Gasteiger partial charge in [-0.3, -0.25) is 9.59 Å². The average molecular weight is 320 g/mol. The highest BCUT2D eigenvalue weighted by Crippen LogP contribution is 2.30. The van der Waals surface area contributed by atoms with Crippen molar-refractivity contribution in [2.75, 3.05) is 11.9 Å². The van der Waals surface area contributed by atoms with Crippen LogP contribution in [0.2, 0.25) is 0 Å². The number of fused-ring (bicyclic) bond motifs is 1. The highest BCUT2D eigenvalue weighted by Gasteiger charge is 2.25. The molecule has 2 aromatic rings. The maximum Gasteiger partial charge on any atom is 0.231 e. The molecule has 0 bridgehead atoms. The number of nitrogens with zero attached hydrogens (tertiary/aromatic N) is 1. The minimum absolute atomic E-state index is 0.0455. The van der Waals surface area contributed by atoms with Gasteiger partial charge in [0, 0.05) is 18.3 Å². The van der Waals surface area contributed by atoms with E-state index in [0.29, 0.717) is 22.2 Å². The van der Waals surface area contributed by atoms with Crippen molar-refractivity contribution in [3.8, 4) is 0 Å². The predicted molar refractivity (Wildman–Crippen MR) is 73.4 cm³/mol. The third-order valence-electron chi connectivity index (χ3n) is 3.28. The number of benzene rings is 1. The number of hydrogen-bond acceptors (Lipinski definition) is 3. The number of hydrogen-bond donors (Lipinski definition) is 0. The highest BCUT2D eigenvalue weighted by atomic mass is 79.9. The van der Waals surface area contributed by atoms with Crippen LogP contribution < -0.4 is 4.90 Å². The fourth-order valence-electron chi connectivity index (χ4n) is 2.22. The van der Waals surface area contributed by atoms with E-state index >= 15 is 0 Å². The zero-order chi connectivity index (χ0) is 13.6. The van der Waals surface area contributed by atoms with E-state index in [1.54, 1.807) is 36.2 Å². The van der Waals surface area contributed by atoms with Crippen LogP contribution in [0.5, 0.6) is 0 Å². The van der Waals surface area contributed by atoms with Gasteiger partial charge in [0.15, 0.2) is 10.5 Å². The molecule has 0 fully saturated rings. The SMILES string of the molecule is CN1C(=O)Cc2cc(C(=O)c3ccoc3Br)ccc21. The molecule has 19 heavy (non-hydrogen) atoms. The first-order valence-electron chi connectivity index (χ1n) is 5.75. The fraction of sp³-hybridized carbons (Fsp3) is 0.143. The van der Waals surface area contributed by atoms with Gasteiger partial charge in [0.2, 0.25) is 5.91 Å². The fourth-order valence-corrected chi connectivity index (χ4v) is 2.64. The summed E-state index contributed by atoms with van der Waals surface area (Å²) in [7, 11) is 1.74. The molecule has 0 saturated heterocycles. The molecule has 5 heteroatoms.